The third-order valence-electron chi connectivity index (χ3n) is 5.03. The van der Waals surface area contributed by atoms with Crippen LogP contribution in [0.3, 0.4) is 0 Å². The molecule has 1 aromatic carbocycles. The van der Waals surface area contributed by atoms with Crippen molar-refractivity contribution in [2.75, 3.05) is 26.3 Å². The van der Waals surface area contributed by atoms with E-state index in [-0.39, 0.29) is 35.5 Å². The van der Waals surface area contributed by atoms with E-state index in [1.807, 2.05) is 0 Å². The predicted molar refractivity (Wildman–Crippen MR) is 101 cm³/mol. The molecule has 1 amide bonds. The fraction of sp³-hybridized carbons (Fsp3) is 0.579. The molecule has 1 saturated carbocycles. The molecule has 1 aromatic rings. The Kier molecular flexibility index (Phi) is 6.69. The lowest BCUT2D eigenvalue weighted by molar-refractivity contribution is -0.129. The van der Waals surface area contributed by atoms with E-state index in [0.29, 0.717) is 13.2 Å². The van der Waals surface area contributed by atoms with E-state index in [9.17, 15) is 18.0 Å². The highest BCUT2D eigenvalue weighted by Gasteiger charge is 2.28. The number of rotatable bonds is 6. The number of nitrogens with one attached hydrogen (secondary N) is 1. The number of carbonyl (C=O) groups excluding carboxylic acids is 2. The van der Waals surface area contributed by atoms with Gasteiger partial charge < -0.3 is 14.8 Å². The van der Waals surface area contributed by atoms with Crippen LogP contribution in [0.1, 0.15) is 43.0 Å². The van der Waals surface area contributed by atoms with Crippen molar-refractivity contribution in [2.24, 2.45) is 0 Å². The minimum atomic E-state index is -3.71. The van der Waals surface area contributed by atoms with Crippen molar-refractivity contribution < 1.29 is 27.5 Å². The van der Waals surface area contributed by atoms with Crippen LogP contribution in [0, 0.1) is 0 Å². The summed E-state index contributed by atoms with van der Waals surface area (Å²) in [6.45, 7) is 2.74. The van der Waals surface area contributed by atoms with Crippen LogP contribution in [0.2, 0.25) is 0 Å². The number of morpholine rings is 1. The molecule has 154 valence electrons. The lowest BCUT2D eigenvalue weighted by Crippen LogP contribution is -2.41. The highest BCUT2D eigenvalue weighted by atomic mass is 32.2. The zero-order valence-corrected chi connectivity index (χ0v) is 16.7. The first-order valence-corrected chi connectivity index (χ1v) is 11.0. The smallest absolute Gasteiger partial charge is 0.338 e. The summed E-state index contributed by atoms with van der Waals surface area (Å²) in [5, 5.41) is 2.88. The Morgan fingerprint density at radius 2 is 1.89 bits per heavy atom. The Morgan fingerprint density at radius 1 is 1.21 bits per heavy atom. The first-order chi connectivity index (χ1) is 13.4. The molecule has 0 aromatic heterocycles. The summed E-state index contributed by atoms with van der Waals surface area (Å²) >= 11 is 0. The number of hydrogen-bond acceptors (Lipinski definition) is 6. The molecule has 8 nitrogen and oxygen atoms in total. The van der Waals surface area contributed by atoms with E-state index in [2.05, 4.69) is 5.32 Å². The van der Waals surface area contributed by atoms with E-state index in [0.717, 1.165) is 25.7 Å². The highest BCUT2D eigenvalue weighted by molar-refractivity contribution is 7.89. The summed E-state index contributed by atoms with van der Waals surface area (Å²) in [6.07, 6.45) is 3.10. The number of hydrogen-bond donors (Lipinski definition) is 1. The van der Waals surface area contributed by atoms with Gasteiger partial charge >= 0.3 is 5.97 Å². The van der Waals surface area contributed by atoms with Crippen molar-refractivity contribution in [1.82, 2.24) is 9.62 Å². The Hall–Kier alpha value is -1.97. The Balaban J connectivity index is 1.65. The fourth-order valence-electron chi connectivity index (χ4n) is 3.39. The average molecular weight is 410 g/mol. The molecule has 2 aliphatic rings. The van der Waals surface area contributed by atoms with Crippen LogP contribution in [0.15, 0.2) is 29.2 Å². The number of ether oxygens (including phenoxy) is 2. The van der Waals surface area contributed by atoms with Crippen molar-refractivity contribution in [2.45, 2.75) is 49.6 Å². The minimum absolute atomic E-state index is 0.0203. The normalized spacial score (nSPS) is 19.9. The van der Waals surface area contributed by atoms with Crippen molar-refractivity contribution in [1.29, 1.82) is 0 Å². The number of sulfonamides is 1. The van der Waals surface area contributed by atoms with E-state index >= 15 is 0 Å². The largest absolute Gasteiger partial charge is 0.449 e. The van der Waals surface area contributed by atoms with Gasteiger partial charge in [-0.3, -0.25) is 4.79 Å². The van der Waals surface area contributed by atoms with Crippen LogP contribution in [0.5, 0.6) is 0 Å². The zero-order valence-electron chi connectivity index (χ0n) is 15.9. The van der Waals surface area contributed by atoms with Crippen LogP contribution in [0.25, 0.3) is 0 Å². The second-order valence-electron chi connectivity index (χ2n) is 7.08. The van der Waals surface area contributed by atoms with Crippen LogP contribution in [-0.4, -0.2) is 63.0 Å². The number of esters is 1. The third kappa shape index (κ3) is 4.89. The molecule has 1 heterocycles. The predicted octanol–water partition coefficient (Wildman–Crippen LogP) is 1.31. The first-order valence-electron chi connectivity index (χ1n) is 9.57. The molecule has 28 heavy (non-hydrogen) atoms. The van der Waals surface area contributed by atoms with Gasteiger partial charge in [-0.05, 0) is 38.0 Å². The van der Waals surface area contributed by atoms with E-state index in [1.54, 1.807) is 0 Å². The molecule has 1 N–H and O–H groups in total. The Morgan fingerprint density at radius 3 is 2.57 bits per heavy atom. The fourth-order valence-corrected chi connectivity index (χ4v) is 4.84. The number of carbonyl (C=O) groups is 2. The first kappa shape index (κ1) is 20.8. The van der Waals surface area contributed by atoms with Gasteiger partial charge in [-0.2, -0.15) is 4.31 Å². The molecule has 1 unspecified atom stereocenters. The van der Waals surface area contributed by atoms with Crippen LogP contribution >= 0.6 is 0 Å². The van der Waals surface area contributed by atoms with Crippen molar-refractivity contribution >= 4 is 21.9 Å². The van der Waals surface area contributed by atoms with Gasteiger partial charge in [0.1, 0.15) is 0 Å². The molecular formula is C19H26N2O6S. The molecule has 1 aliphatic heterocycles. The second-order valence-corrected chi connectivity index (χ2v) is 9.02. The summed E-state index contributed by atoms with van der Waals surface area (Å²) in [4.78, 5) is 24.6. The van der Waals surface area contributed by atoms with Gasteiger partial charge in [0.25, 0.3) is 5.91 Å². The lowest BCUT2D eigenvalue weighted by atomic mass is 10.2. The average Bonchev–Trinajstić information content (AvgIpc) is 3.21. The summed E-state index contributed by atoms with van der Waals surface area (Å²) in [5.41, 5.74) is 0.0925. The molecule has 0 radical (unpaired) electrons. The zero-order chi connectivity index (χ0) is 20.1. The SMILES string of the molecule is CC(OC(=O)c1cccc(S(=O)(=O)N2CCOCC2)c1)C(=O)NC1CCCC1. The summed E-state index contributed by atoms with van der Waals surface area (Å²) in [7, 11) is -3.71. The van der Waals surface area contributed by atoms with Gasteiger partial charge in [0, 0.05) is 19.1 Å². The highest BCUT2D eigenvalue weighted by Crippen LogP contribution is 2.20. The van der Waals surface area contributed by atoms with Gasteiger partial charge in [-0.25, -0.2) is 13.2 Å². The molecule has 3 rings (SSSR count). The molecular weight excluding hydrogens is 384 g/mol. The monoisotopic (exact) mass is 410 g/mol. The number of nitrogens with zero attached hydrogens (tertiary/aromatic N) is 1. The van der Waals surface area contributed by atoms with Crippen molar-refractivity contribution in [3.8, 4) is 0 Å². The molecule has 9 heteroatoms. The van der Waals surface area contributed by atoms with Crippen LogP contribution < -0.4 is 5.32 Å². The van der Waals surface area contributed by atoms with Gasteiger partial charge in [-0.1, -0.05) is 18.9 Å². The van der Waals surface area contributed by atoms with Crippen molar-refractivity contribution in [3.63, 3.8) is 0 Å². The molecule has 0 spiro atoms. The maximum atomic E-state index is 12.7. The number of amides is 1. The topological polar surface area (TPSA) is 102 Å². The number of benzene rings is 1. The molecule has 1 atom stereocenters. The maximum Gasteiger partial charge on any atom is 0.338 e. The minimum Gasteiger partial charge on any atom is -0.449 e. The van der Waals surface area contributed by atoms with Crippen molar-refractivity contribution in [3.05, 3.63) is 29.8 Å². The van der Waals surface area contributed by atoms with E-state index in [1.165, 1.54) is 35.5 Å². The maximum absolute atomic E-state index is 12.7. The Bertz CT molecular complexity index is 813. The van der Waals surface area contributed by atoms with Gasteiger partial charge in [0.2, 0.25) is 10.0 Å². The quantitative estimate of drug-likeness (QED) is 0.710. The van der Waals surface area contributed by atoms with Gasteiger partial charge in [0.15, 0.2) is 6.10 Å². The molecule has 1 aliphatic carbocycles. The van der Waals surface area contributed by atoms with Crippen LogP contribution in [0.4, 0.5) is 0 Å². The van der Waals surface area contributed by atoms with Gasteiger partial charge in [0.05, 0.1) is 23.7 Å². The second kappa shape index (κ2) is 9.02. The van der Waals surface area contributed by atoms with Gasteiger partial charge in [-0.15, -0.1) is 0 Å². The van der Waals surface area contributed by atoms with E-state index < -0.39 is 22.1 Å². The standard InChI is InChI=1S/C19H26N2O6S/c1-14(18(22)20-16-6-2-3-7-16)27-19(23)15-5-4-8-17(13-15)28(24,25)21-9-11-26-12-10-21/h4-5,8,13-14,16H,2-3,6-7,9-12H2,1H3,(H,20,22). The summed E-state index contributed by atoms with van der Waals surface area (Å²) < 4.78 is 37.2. The van der Waals surface area contributed by atoms with Crippen LogP contribution in [-0.2, 0) is 24.3 Å². The Labute approximate surface area is 165 Å². The molecule has 2 fully saturated rings. The molecule has 1 saturated heterocycles. The lowest BCUT2D eigenvalue weighted by Gasteiger charge is -2.26. The van der Waals surface area contributed by atoms with E-state index in [4.69, 9.17) is 9.47 Å². The third-order valence-corrected chi connectivity index (χ3v) is 6.93. The summed E-state index contributed by atoms with van der Waals surface area (Å²) in [5.74, 6) is -1.06. The summed E-state index contributed by atoms with van der Waals surface area (Å²) in [6, 6.07) is 5.83. The molecule has 0 bridgehead atoms.